The molecule has 0 spiro atoms. The van der Waals surface area contributed by atoms with Gasteiger partial charge in [-0.1, -0.05) is 61.0 Å². The van der Waals surface area contributed by atoms with Crippen molar-refractivity contribution >= 4 is 44.9 Å². The summed E-state index contributed by atoms with van der Waals surface area (Å²) in [7, 11) is 0. The van der Waals surface area contributed by atoms with Crippen LogP contribution >= 0.6 is 22.9 Å². The fraction of sp³-hybridized carbons (Fsp3) is 0.240. The molecule has 2 heterocycles. The van der Waals surface area contributed by atoms with E-state index in [-0.39, 0.29) is 0 Å². The van der Waals surface area contributed by atoms with Gasteiger partial charge in [-0.2, -0.15) is 0 Å². The summed E-state index contributed by atoms with van der Waals surface area (Å²) in [6.45, 7) is 5.79. The molecule has 0 fully saturated rings. The lowest BCUT2D eigenvalue weighted by molar-refractivity contribution is -0.141. The molecule has 7 heteroatoms. The topological polar surface area (TPSA) is 75.1 Å². The van der Waals surface area contributed by atoms with Crippen molar-refractivity contribution in [1.82, 2.24) is 9.97 Å². The highest BCUT2D eigenvalue weighted by Crippen LogP contribution is 2.43. The third-order valence-corrected chi connectivity index (χ3v) is 7.34. The van der Waals surface area contributed by atoms with Gasteiger partial charge in [-0.15, -0.1) is 11.3 Å². The Morgan fingerprint density at radius 1 is 1.16 bits per heavy atom. The van der Waals surface area contributed by atoms with Crippen molar-refractivity contribution in [2.75, 3.05) is 5.32 Å². The Balaban J connectivity index is 1.89. The third kappa shape index (κ3) is 4.08. The fourth-order valence-electron chi connectivity index (χ4n) is 3.92. The molecule has 2 aromatic heterocycles. The first-order valence-corrected chi connectivity index (χ1v) is 11.6. The van der Waals surface area contributed by atoms with Crippen molar-refractivity contribution < 1.29 is 9.90 Å². The molecule has 0 unspecified atom stereocenters. The zero-order valence-corrected chi connectivity index (χ0v) is 19.7. The lowest BCUT2D eigenvalue weighted by Crippen LogP contribution is -2.45. The number of thiophene rings is 1. The Morgan fingerprint density at radius 2 is 1.91 bits per heavy atom. The van der Waals surface area contributed by atoms with E-state index in [1.165, 1.54) is 6.33 Å². The smallest absolute Gasteiger partial charge is 0.329 e. The largest absolute Gasteiger partial charge is 0.480 e. The number of aryl methyl sites for hydroxylation is 1. The number of hydrogen-bond acceptors (Lipinski definition) is 5. The van der Waals surface area contributed by atoms with Gasteiger partial charge in [0.1, 0.15) is 22.5 Å². The molecule has 0 radical (unpaired) electrons. The number of carbonyl (C=O) groups is 1. The highest BCUT2D eigenvalue weighted by Gasteiger charge is 2.35. The molecule has 0 amide bonds. The zero-order valence-electron chi connectivity index (χ0n) is 18.1. The standard InChI is InChI=1S/C25H24ClN3O2S/c1-4-19-20(17-11-8-12-18(26)15(17)2)21-22(27-14-28-23(21)32-19)29-25(3,24(30)31)13-16-9-6-5-7-10-16/h5-12,14H,4,13H2,1-3H3,(H,30,31)(H,27,28,29)/t25-/m1/s1. The predicted molar refractivity (Wildman–Crippen MR) is 132 cm³/mol. The number of halogens is 1. The quantitative estimate of drug-likeness (QED) is 0.331. The Labute approximate surface area is 196 Å². The molecule has 1 atom stereocenters. The number of hydrogen-bond donors (Lipinski definition) is 2. The van der Waals surface area contributed by atoms with Crippen LogP contribution in [-0.4, -0.2) is 26.6 Å². The van der Waals surface area contributed by atoms with E-state index in [4.69, 9.17) is 11.6 Å². The summed E-state index contributed by atoms with van der Waals surface area (Å²) in [5.41, 5.74) is 2.68. The van der Waals surface area contributed by atoms with Crippen LogP contribution in [-0.2, 0) is 17.6 Å². The second-order valence-electron chi connectivity index (χ2n) is 7.99. The van der Waals surface area contributed by atoms with Gasteiger partial charge in [-0.3, -0.25) is 0 Å². The van der Waals surface area contributed by atoms with Crippen LogP contribution in [0, 0.1) is 6.92 Å². The molecule has 0 aliphatic carbocycles. The highest BCUT2D eigenvalue weighted by molar-refractivity contribution is 7.19. The molecule has 0 saturated carbocycles. The number of carboxylic acids is 1. The van der Waals surface area contributed by atoms with Crippen molar-refractivity contribution in [1.29, 1.82) is 0 Å². The lowest BCUT2D eigenvalue weighted by Gasteiger charge is -2.27. The Hall–Kier alpha value is -2.96. The number of rotatable bonds is 7. The molecule has 32 heavy (non-hydrogen) atoms. The number of aliphatic carboxylic acids is 1. The number of nitrogens with zero attached hydrogens (tertiary/aromatic N) is 2. The van der Waals surface area contributed by atoms with Gasteiger partial charge in [-0.05, 0) is 43.0 Å². The average molecular weight is 466 g/mol. The maximum absolute atomic E-state index is 12.4. The first-order chi connectivity index (χ1) is 15.3. The van der Waals surface area contributed by atoms with Crippen LogP contribution in [0.3, 0.4) is 0 Å². The van der Waals surface area contributed by atoms with Gasteiger partial charge < -0.3 is 10.4 Å². The molecule has 4 rings (SSSR count). The minimum Gasteiger partial charge on any atom is -0.480 e. The van der Waals surface area contributed by atoms with Crippen molar-refractivity contribution in [3.8, 4) is 11.1 Å². The molecule has 4 aromatic rings. The van der Waals surface area contributed by atoms with Crippen LogP contribution in [0.25, 0.3) is 21.3 Å². The second-order valence-corrected chi connectivity index (χ2v) is 9.48. The number of anilines is 1. The van der Waals surface area contributed by atoms with E-state index in [9.17, 15) is 9.90 Å². The summed E-state index contributed by atoms with van der Waals surface area (Å²) in [5, 5.41) is 14.9. The second kappa shape index (κ2) is 8.88. The predicted octanol–water partition coefficient (Wildman–Crippen LogP) is 6.38. The summed E-state index contributed by atoms with van der Waals surface area (Å²) >= 11 is 8.04. The van der Waals surface area contributed by atoms with Gasteiger partial charge >= 0.3 is 5.97 Å². The van der Waals surface area contributed by atoms with E-state index in [2.05, 4.69) is 22.2 Å². The molecule has 164 valence electrons. The van der Waals surface area contributed by atoms with Gasteiger partial charge in [0.05, 0.1) is 5.39 Å². The minimum atomic E-state index is -1.25. The zero-order chi connectivity index (χ0) is 22.9. The van der Waals surface area contributed by atoms with Crippen LogP contribution in [0.1, 0.15) is 29.9 Å². The van der Waals surface area contributed by atoms with Crippen molar-refractivity contribution in [2.45, 2.75) is 39.2 Å². The van der Waals surface area contributed by atoms with Gasteiger partial charge in [0.2, 0.25) is 0 Å². The van der Waals surface area contributed by atoms with Crippen LogP contribution < -0.4 is 5.32 Å². The van der Waals surface area contributed by atoms with E-state index in [1.807, 2.05) is 55.5 Å². The number of fused-ring (bicyclic) bond motifs is 1. The molecule has 0 saturated heterocycles. The van der Waals surface area contributed by atoms with E-state index in [0.29, 0.717) is 17.3 Å². The highest BCUT2D eigenvalue weighted by atomic mass is 35.5. The van der Waals surface area contributed by atoms with Crippen molar-refractivity contribution in [2.24, 2.45) is 0 Å². The van der Waals surface area contributed by atoms with Gasteiger partial charge in [-0.25, -0.2) is 14.8 Å². The van der Waals surface area contributed by atoms with Crippen molar-refractivity contribution in [3.63, 3.8) is 0 Å². The molecule has 0 aliphatic heterocycles. The van der Waals surface area contributed by atoms with E-state index in [1.54, 1.807) is 18.3 Å². The monoisotopic (exact) mass is 465 g/mol. The molecule has 0 aliphatic rings. The maximum Gasteiger partial charge on any atom is 0.329 e. The van der Waals surface area contributed by atoms with Gasteiger partial charge in [0.25, 0.3) is 0 Å². The molecular formula is C25H24ClN3O2S. The molecule has 2 aromatic carbocycles. The molecule has 2 N–H and O–H groups in total. The SMILES string of the molecule is CCc1sc2ncnc(N[C@](C)(Cc3ccccc3)C(=O)O)c2c1-c1cccc(Cl)c1C. The number of benzene rings is 2. The van der Waals surface area contributed by atoms with Crippen LogP contribution in [0.4, 0.5) is 5.82 Å². The fourth-order valence-corrected chi connectivity index (χ4v) is 5.19. The first kappa shape index (κ1) is 22.2. The summed E-state index contributed by atoms with van der Waals surface area (Å²) < 4.78 is 0. The van der Waals surface area contributed by atoms with Gasteiger partial charge in [0, 0.05) is 21.9 Å². The van der Waals surface area contributed by atoms with E-state index < -0.39 is 11.5 Å². The normalized spacial score (nSPS) is 13.1. The number of carboxylic acid groups (broad SMARTS) is 1. The van der Waals surface area contributed by atoms with E-state index >= 15 is 0 Å². The van der Waals surface area contributed by atoms with Crippen LogP contribution in [0.5, 0.6) is 0 Å². The maximum atomic E-state index is 12.4. The Morgan fingerprint density at radius 3 is 2.59 bits per heavy atom. The van der Waals surface area contributed by atoms with Crippen LogP contribution in [0.15, 0.2) is 54.9 Å². The Bertz CT molecular complexity index is 1290. The van der Waals surface area contributed by atoms with Crippen molar-refractivity contribution in [3.05, 3.63) is 75.9 Å². The number of nitrogens with one attached hydrogen (secondary N) is 1. The molecule has 5 nitrogen and oxygen atoms in total. The Kier molecular flexibility index (Phi) is 6.17. The summed E-state index contributed by atoms with van der Waals surface area (Å²) in [6, 6.07) is 15.4. The summed E-state index contributed by atoms with van der Waals surface area (Å²) in [5.74, 6) is -0.430. The van der Waals surface area contributed by atoms with Crippen LogP contribution in [0.2, 0.25) is 5.02 Å². The molecule has 0 bridgehead atoms. The first-order valence-electron chi connectivity index (χ1n) is 10.4. The van der Waals surface area contributed by atoms with E-state index in [0.717, 1.165) is 43.8 Å². The summed E-state index contributed by atoms with van der Waals surface area (Å²) in [4.78, 5) is 23.3. The lowest BCUT2D eigenvalue weighted by atomic mass is 9.92. The third-order valence-electron chi connectivity index (χ3n) is 5.69. The minimum absolute atomic E-state index is 0.310. The summed E-state index contributed by atoms with van der Waals surface area (Å²) in [6.07, 6.45) is 2.62. The average Bonchev–Trinajstić information content (AvgIpc) is 3.16. The molecular weight excluding hydrogens is 442 g/mol. The van der Waals surface area contributed by atoms with Gasteiger partial charge in [0.15, 0.2) is 0 Å². The number of aromatic nitrogens is 2.